The molecule has 0 spiro atoms. The molecule has 1 aromatic carbocycles. The van der Waals surface area contributed by atoms with Gasteiger partial charge in [-0.25, -0.2) is 3.97 Å². The van der Waals surface area contributed by atoms with Gasteiger partial charge in [0.25, 0.3) is 0 Å². The average molecular weight is 633 g/mol. The topological polar surface area (TPSA) is 112 Å². The molecule has 0 saturated carbocycles. The second kappa shape index (κ2) is 26.5. The number of hydrogen-bond donors (Lipinski definition) is 2. The van der Waals surface area contributed by atoms with Gasteiger partial charge in [0.1, 0.15) is 12.3 Å². The van der Waals surface area contributed by atoms with Gasteiger partial charge in [-0.1, -0.05) is 134 Å². The van der Waals surface area contributed by atoms with Gasteiger partial charge in [0.15, 0.2) is 5.44 Å². The van der Waals surface area contributed by atoms with Crippen LogP contribution >= 0.6 is 19.6 Å². The van der Waals surface area contributed by atoms with Gasteiger partial charge in [-0.3, -0.25) is 9.36 Å². The first-order valence-corrected chi connectivity index (χ1v) is 18.7. The van der Waals surface area contributed by atoms with E-state index in [0.29, 0.717) is 18.6 Å². The Hall–Kier alpha value is -0.930. The summed E-state index contributed by atoms with van der Waals surface area (Å²) in [4.78, 5) is 21.8. The summed E-state index contributed by atoms with van der Waals surface area (Å²) in [6.07, 6.45) is 18.9. The minimum Gasteiger partial charge on any atom is -0.466 e. The largest absolute Gasteiger partial charge is 0.466 e. The molecule has 2 unspecified atom stereocenters. The van der Waals surface area contributed by atoms with Crippen LogP contribution in [0.25, 0.3) is 0 Å². The van der Waals surface area contributed by atoms with Crippen molar-refractivity contribution in [2.24, 2.45) is 0 Å². The van der Waals surface area contributed by atoms with E-state index in [0.717, 1.165) is 24.8 Å². The van der Waals surface area contributed by atoms with Gasteiger partial charge in [-0.05, 0) is 18.9 Å². The van der Waals surface area contributed by atoms with Gasteiger partial charge in [-0.15, -0.1) is 0 Å². The van der Waals surface area contributed by atoms with Crippen molar-refractivity contribution < 1.29 is 37.5 Å². The van der Waals surface area contributed by atoms with Crippen LogP contribution in [0.4, 0.5) is 0 Å². The van der Waals surface area contributed by atoms with E-state index in [-0.39, 0.29) is 19.8 Å². The molecule has 0 aliphatic carbocycles. The number of ether oxygens (including phenoxy) is 3. The van der Waals surface area contributed by atoms with Crippen LogP contribution in [0, 0.1) is 0 Å². The second-order valence-electron chi connectivity index (χ2n) is 10.8. The highest BCUT2D eigenvalue weighted by molar-refractivity contribution is 7.98. The summed E-state index contributed by atoms with van der Waals surface area (Å²) in [5.41, 5.74) is 0.0753. The molecule has 244 valence electrons. The van der Waals surface area contributed by atoms with Crippen LogP contribution in [0.2, 0.25) is 0 Å². The zero-order valence-corrected chi connectivity index (χ0v) is 27.8. The highest BCUT2D eigenvalue weighted by Crippen LogP contribution is 2.47. The Morgan fingerprint density at radius 3 is 1.83 bits per heavy atom. The Kier molecular flexibility index (Phi) is 24.6. The third-order valence-corrected chi connectivity index (χ3v) is 9.52. The van der Waals surface area contributed by atoms with Gasteiger partial charge in [0.2, 0.25) is 0 Å². The van der Waals surface area contributed by atoms with E-state index in [1.54, 1.807) is 6.92 Å². The zero-order valence-electron chi connectivity index (χ0n) is 26.1. The number of rotatable bonds is 29. The van der Waals surface area contributed by atoms with Crippen LogP contribution in [-0.4, -0.2) is 53.5 Å². The number of esters is 1. The molecule has 0 aliphatic rings. The molecular formula is C32H57O8PS. The van der Waals surface area contributed by atoms with Crippen LogP contribution in [0.3, 0.4) is 0 Å². The molecule has 0 aliphatic heterocycles. The fourth-order valence-electron chi connectivity index (χ4n) is 4.55. The first-order valence-electron chi connectivity index (χ1n) is 16.1. The Morgan fingerprint density at radius 2 is 1.33 bits per heavy atom. The first kappa shape index (κ1) is 39.1. The number of carbonyl (C=O) groups excluding carboxylic acids is 1. The second-order valence-corrected chi connectivity index (χ2v) is 13.7. The molecule has 0 amide bonds. The lowest BCUT2D eigenvalue weighted by Gasteiger charge is -2.25. The monoisotopic (exact) mass is 632 g/mol. The van der Waals surface area contributed by atoms with Gasteiger partial charge in [-0.2, -0.15) is 0 Å². The van der Waals surface area contributed by atoms with E-state index in [2.05, 4.69) is 6.92 Å². The van der Waals surface area contributed by atoms with Gasteiger partial charge < -0.3 is 24.2 Å². The minimum atomic E-state index is -4.27. The molecular weight excluding hydrogens is 575 g/mol. The SMILES string of the molecule is CCCCCCCCCCCCCCCCCCOC(SOP(=O)(O)CC(=O)OCC)[C@H](CO)OCc1ccccc1. The summed E-state index contributed by atoms with van der Waals surface area (Å²) in [7, 11) is -4.27. The maximum atomic E-state index is 12.4. The van der Waals surface area contributed by atoms with Crippen LogP contribution < -0.4 is 0 Å². The minimum absolute atomic E-state index is 0.108. The van der Waals surface area contributed by atoms with Crippen molar-refractivity contribution in [1.29, 1.82) is 0 Å². The van der Waals surface area contributed by atoms with Crippen molar-refractivity contribution in [3.63, 3.8) is 0 Å². The Bertz CT molecular complexity index is 813. The lowest BCUT2D eigenvalue weighted by molar-refractivity contribution is -0.140. The fourth-order valence-corrected chi connectivity index (χ4v) is 6.49. The lowest BCUT2D eigenvalue weighted by Crippen LogP contribution is -2.33. The van der Waals surface area contributed by atoms with Gasteiger partial charge >= 0.3 is 13.6 Å². The highest BCUT2D eigenvalue weighted by Gasteiger charge is 2.31. The zero-order chi connectivity index (χ0) is 30.7. The Labute approximate surface area is 259 Å². The quantitative estimate of drug-likeness (QED) is 0.0295. The summed E-state index contributed by atoms with van der Waals surface area (Å²) in [5.74, 6) is -0.811. The number of hydrogen-bond acceptors (Lipinski definition) is 8. The molecule has 3 atom stereocenters. The standard InChI is InChI=1S/C32H57O8PS/c1-3-5-6-7-8-9-10-11-12-13-14-15-16-17-18-22-25-38-32(42-40-41(35,36)28-31(34)37-4-2)30(26-33)39-27-29-23-20-19-21-24-29/h19-21,23-24,30,32-33H,3-18,22,25-28H2,1-2H3,(H,35,36)/t30-,32?/m0/s1. The molecule has 0 aromatic heterocycles. The van der Waals surface area contributed by atoms with E-state index < -0.39 is 31.3 Å². The van der Waals surface area contributed by atoms with E-state index >= 15 is 0 Å². The van der Waals surface area contributed by atoms with Crippen LogP contribution in [0.15, 0.2) is 30.3 Å². The van der Waals surface area contributed by atoms with Crippen LogP contribution in [0.5, 0.6) is 0 Å². The van der Waals surface area contributed by atoms with E-state index in [4.69, 9.17) is 18.2 Å². The summed E-state index contributed by atoms with van der Waals surface area (Å²) >= 11 is 0.617. The third-order valence-electron chi connectivity index (χ3n) is 6.96. The Morgan fingerprint density at radius 1 is 0.810 bits per heavy atom. The number of unbranched alkanes of at least 4 members (excludes halogenated alkanes) is 15. The number of benzene rings is 1. The van der Waals surface area contributed by atoms with Crippen LogP contribution in [0.1, 0.15) is 122 Å². The number of aliphatic hydroxyl groups excluding tert-OH is 1. The molecule has 0 radical (unpaired) electrons. The van der Waals surface area contributed by atoms with E-state index in [9.17, 15) is 19.4 Å². The molecule has 0 heterocycles. The molecule has 0 saturated heterocycles. The summed E-state index contributed by atoms with van der Waals surface area (Å²) in [6, 6.07) is 9.51. The predicted octanol–water partition coefficient (Wildman–Crippen LogP) is 8.58. The molecule has 0 bridgehead atoms. The van der Waals surface area contributed by atoms with Gasteiger partial charge in [0.05, 0.1) is 19.8 Å². The molecule has 2 N–H and O–H groups in total. The van der Waals surface area contributed by atoms with Crippen molar-refractivity contribution >= 4 is 25.6 Å². The fraction of sp³-hybridized carbons (Fsp3) is 0.781. The summed E-state index contributed by atoms with van der Waals surface area (Å²) in [6.45, 7) is 4.27. The maximum absolute atomic E-state index is 12.4. The molecule has 0 fully saturated rings. The van der Waals surface area contributed by atoms with Crippen molar-refractivity contribution in [1.82, 2.24) is 0 Å². The summed E-state index contributed by atoms with van der Waals surface area (Å²) in [5, 5.41) is 9.98. The predicted molar refractivity (Wildman–Crippen MR) is 171 cm³/mol. The molecule has 10 heteroatoms. The van der Waals surface area contributed by atoms with Crippen molar-refractivity contribution in [3.8, 4) is 0 Å². The molecule has 1 rings (SSSR count). The Balaban J connectivity index is 2.31. The number of aliphatic hydroxyl groups is 1. The lowest BCUT2D eigenvalue weighted by atomic mass is 10.0. The molecule has 8 nitrogen and oxygen atoms in total. The van der Waals surface area contributed by atoms with Crippen molar-refractivity contribution in [3.05, 3.63) is 35.9 Å². The highest BCUT2D eigenvalue weighted by atomic mass is 32.2. The van der Waals surface area contributed by atoms with Crippen LogP contribution in [-0.2, 0) is 34.1 Å². The number of carbonyl (C=O) groups is 1. The van der Waals surface area contributed by atoms with Crippen molar-refractivity contribution in [2.75, 3.05) is 26.0 Å². The van der Waals surface area contributed by atoms with Crippen molar-refractivity contribution in [2.45, 2.75) is 135 Å². The molecule has 42 heavy (non-hydrogen) atoms. The van der Waals surface area contributed by atoms with E-state index in [1.807, 2.05) is 30.3 Å². The maximum Gasteiger partial charge on any atom is 0.350 e. The van der Waals surface area contributed by atoms with E-state index in [1.165, 1.54) is 83.5 Å². The normalized spacial score (nSPS) is 14.4. The van der Waals surface area contributed by atoms with Gasteiger partial charge in [0, 0.05) is 18.6 Å². The first-order chi connectivity index (χ1) is 20.4. The summed E-state index contributed by atoms with van der Waals surface area (Å²) < 4.78 is 34.1. The average Bonchev–Trinajstić information content (AvgIpc) is 2.97. The third kappa shape index (κ3) is 21.7. The smallest absolute Gasteiger partial charge is 0.350 e. The molecule has 1 aromatic rings.